The average Bonchev–Trinajstić information content (AvgIpc) is 2.49. The van der Waals surface area contributed by atoms with E-state index < -0.39 is 0 Å². The van der Waals surface area contributed by atoms with E-state index in [0.29, 0.717) is 6.04 Å². The van der Waals surface area contributed by atoms with E-state index in [1.807, 2.05) is 0 Å². The second-order valence-corrected chi connectivity index (χ2v) is 4.17. The van der Waals surface area contributed by atoms with Crippen molar-refractivity contribution in [1.82, 2.24) is 5.32 Å². The van der Waals surface area contributed by atoms with E-state index >= 15 is 0 Å². The van der Waals surface area contributed by atoms with Gasteiger partial charge >= 0.3 is 0 Å². The van der Waals surface area contributed by atoms with Crippen LogP contribution in [0.3, 0.4) is 0 Å². The minimum atomic E-state index is -0.116. The summed E-state index contributed by atoms with van der Waals surface area (Å²) in [7, 11) is 0. The minimum absolute atomic E-state index is 0.116. The molecule has 0 amide bonds. The normalized spacial score (nSPS) is 27.9. The lowest BCUT2D eigenvalue weighted by Gasteiger charge is -2.38. The second kappa shape index (κ2) is 3.06. The van der Waals surface area contributed by atoms with Crippen LogP contribution in [0.2, 0.25) is 0 Å². The van der Waals surface area contributed by atoms with Crippen molar-refractivity contribution in [3.8, 4) is 6.07 Å². The van der Waals surface area contributed by atoms with Gasteiger partial charge in [-0.3, -0.25) is 5.32 Å². The van der Waals surface area contributed by atoms with E-state index in [1.165, 1.54) is 32.1 Å². The molecule has 0 aromatic carbocycles. The summed E-state index contributed by atoms with van der Waals surface area (Å²) in [5, 5.41) is 12.5. The van der Waals surface area contributed by atoms with Gasteiger partial charge in [-0.15, -0.1) is 0 Å². The molecule has 0 aliphatic heterocycles. The molecule has 0 atom stereocenters. The first-order valence-corrected chi connectivity index (χ1v) is 5.04. The predicted octanol–water partition coefficient (Wildman–Crippen LogP) is 1.96. The van der Waals surface area contributed by atoms with Gasteiger partial charge in [-0.2, -0.15) is 5.26 Å². The predicted molar refractivity (Wildman–Crippen MR) is 47.6 cm³/mol. The molecule has 0 saturated heterocycles. The summed E-state index contributed by atoms with van der Waals surface area (Å²) in [6.45, 7) is 0. The molecular formula is C10H16N2. The topological polar surface area (TPSA) is 35.8 Å². The summed E-state index contributed by atoms with van der Waals surface area (Å²) < 4.78 is 0. The zero-order valence-corrected chi connectivity index (χ0v) is 7.47. The maximum absolute atomic E-state index is 8.98. The van der Waals surface area contributed by atoms with Gasteiger partial charge in [0.1, 0.15) is 5.54 Å². The highest BCUT2D eigenvalue weighted by Crippen LogP contribution is 2.33. The third kappa shape index (κ3) is 1.34. The smallest absolute Gasteiger partial charge is 0.106 e. The lowest BCUT2D eigenvalue weighted by molar-refractivity contribution is 0.228. The number of hydrogen-bond acceptors (Lipinski definition) is 2. The third-order valence-corrected chi connectivity index (χ3v) is 3.26. The fourth-order valence-electron chi connectivity index (χ4n) is 2.28. The van der Waals surface area contributed by atoms with E-state index in [2.05, 4.69) is 11.4 Å². The van der Waals surface area contributed by atoms with Crippen LogP contribution in [-0.4, -0.2) is 11.6 Å². The molecular weight excluding hydrogens is 148 g/mol. The molecule has 2 saturated carbocycles. The van der Waals surface area contributed by atoms with Gasteiger partial charge in [0.2, 0.25) is 0 Å². The van der Waals surface area contributed by atoms with Crippen LogP contribution < -0.4 is 5.32 Å². The van der Waals surface area contributed by atoms with Crippen LogP contribution in [0, 0.1) is 11.3 Å². The van der Waals surface area contributed by atoms with Crippen LogP contribution in [0.1, 0.15) is 44.9 Å². The Kier molecular flexibility index (Phi) is 2.06. The Morgan fingerprint density at radius 2 is 1.83 bits per heavy atom. The van der Waals surface area contributed by atoms with Gasteiger partial charge in [0, 0.05) is 6.04 Å². The molecule has 12 heavy (non-hydrogen) atoms. The van der Waals surface area contributed by atoms with Crippen molar-refractivity contribution in [3.63, 3.8) is 0 Å². The molecule has 2 aliphatic carbocycles. The highest BCUT2D eigenvalue weighted by molar-refractivity contribution is 5.13. The zero-order chi connectivity index (χ0) is 8.44. The largest absolute Gasteiger partial charge is 0.297 e. The summed E-state index contributed by atoms with van der Waals surface area (Å²) in [5.74, 6) is 0. The van der Waals surface area contributed by atoms with Gasteiger partial charge in [0.05, 0.1) is 6.07 Å². The quantitative estimate of drug-likeness (QED) is 0.677. The van der Waals surface area contributed by atoms with Crippen molar-refractivity contribution >= 4 is 0 Å². The summed E-state index contributed by atoms with van der Waals surface area (Å²) >= 11 is 0. The third-order valence-electron chi connectivity index (χ3n) is 3.26. The first kappa shape index (κ1) is 8.07. The lowest BCUT2D eigenvalue weighted by Crippen LogP contribution is -2.53. The number of nitrogens with one attached hydrogen (secondary N) is 1. The first-order chi connectivity index (χ1) is 5.85. The van der Waals surface area contributed by atoms with Crippen LogP contribution in [-0.2, 0) is 0 Å². The van der Waals surface area contributed by atoms with Crippen molar-refractivity contribution in [2.75, 3.05) is 0 Å². The highest BCUT2D eigenvalue weighted by Gasteiger charge is 2.38. The van der Waals surface area contributed by atoms with Gasteiger partial charge in [0.15, 0.2) is 0 Å². The van der Waals surface area contributed by atoms with Crippen LogP contribution in [0.25, 0.3) is 0 Å². The van der Waals surface area contributed by atoms with Gasteiger partial charge in [-0.25, -0.2) is 0 Å². The minimum Gasteiger partial charge on any atom is -0.297 e. The summed E-state index contributed by atoms with van der Waals surface area (Å²) in [4.78, 5) is 0. The monoisotopic (exact) mass is 164 g/mol. The molecule has 0 spiro atoms. The molecule has 0 radical (unpaired) electrons. The van der Waals surface area contributed by atoms with Crippen LogP contribution in [0.5, 0.6) is 0 Å². The molecule has 0 heterocycles. The van der Waals surface area contributed by atoms with Crippen molar-refractivity contribution in [2.45, 2.75) is 56.5 Å². The first-order valence-electron chi connectivity index (χ1n) is 5.04. The summed E-state index contributed by atoms with van der Waals surface area (Å²) in [6, 6.07) is 3.07. The van der Waals surface area contributed by atoms with Crippen molar-refractivity contribution in [3.05, 3.63) is 0 Å². The fraction of sp³-hybridized carbons (Fsp3) is 0.900. The van der Waals surface area contributed by atoms with Gasteiger partial charge in [-0.05, 0) is 32.1 Å². The number of hydrogen-bond donors (Lipinski definition) is 1. The number of nitrogens with zero attached hydrogens (tertiary/aromatic N) is 1. The SMILES string of the molecule is N#CC1(NC2CCCC2)CCC1. The molecule has 2 nitrogen and oxygen atoms in total. The number of nitriles is 1. The van der Waals surface area contributed by atoms with E-state index in [4.69, 9.17) is 5.26 Å². The van der Waals surface area contributed by atoms with E-state index in [0.717, 1.165) is 12.8 Å². The van der Waals surface area contributed by atoms with Crippen LogP contribution in [0.15, 0.2) is 0 Å². The Morgan fingerprint density at radius 1 is 1.17 bits per heavy atom. The van der Waals surface area contributed by atoms with Gasteiger partial charge < -0.3 is 0 Å². The fourth-order valence-corrected chi connectivity index (χ4v) is 2.28. The van der Waals surface area contributed by atoms with E-state index in [1.54, 1.807) is 0 Å². The Hall–Kier alpha value is -0.550. The molecule has 66 valence electrons. The molecule has 2 fully saturated rings. The van der Waals surface area contributed by atoms with E-state index in [-0.39, 0.29) is 5.54 Å². The second-order valence-electron chi connectivity index (χ2n) is 4.17. The maximum atomic E-state index is 8.98. The molecule has 2 heteroatoms. The molecule has 0 bridgehead atoms. The maximum Gasteiger partial charge on any atom is 0.106 e. The molecule has 2 aliphatic rings. The Bertz CT molecular complexity index is 194. The molecule has 0 unspecified atom stereocenters. The van der Waals surface area contributed by atoms with Gasteiger partial charge in [0.25, 0.3) is 0 Å². The Morgan fingerprint density at radius 3 is 2.25 bits per heavy atom. The molecule has 2 rings (SSSR count). The summed E-state index contributed by atoms with van der Waals surface area (Å²) in [6.07, 6.45) is 8.62. The molecule has 1 N–H and O–H groups in total. The molecule has 0 aromatic rings. The average molecular weight is 164 g/mol. The van der Waals surface area contributed by atoms with Crippen molar-refractivity contribution in [1.29, 1.82) is 5.26 Å². The standard InChI is InChI=1S/C10H16N2/c11-8-10(6-3-7-10)12-9-4-1-2-5-9/h9,12H,1-7H2. The van der Waals surface area contributed by atoms with E-state index in [9.17, 15) is 0 Å². The van der Waals surface area contributed by atoms with Crippen LogP contribution in [0.4, 0.5) is 0 Å². The van der Waals surface area contributed by atoms with Crippen molar-refractivity contribution in [2.24, 2.45) is 0 Å². The zero-order valence-electron chi connectivity index (χ0n) is 7.47. The Balaban J connectivity index is 1.88. The van der Waals surface area contributed by atoms with Crippen LogP contribution >= 0.6 is 0 Å². The van der Waals surface area contributed by atoms with Crippen molar-refractivity contribution < 1.29 is 0 Å². The van der Waals surface area contributed by atoms with Gasteiger partial charge in [-0.1, -0.05) is 12.8 Å². The lowest BCUT2D eigenvalue weighted by atomic mass is 9.77. The Labute approximate surface area is 74.0 Å². The summed E-state index contributed by atoms with van der Waals surface area (Å²) in [5.41, 5.74) is -0.116. The number of rotatable bonds is 2. The molecule has 0 aromatic heterocycles. The highest BCUT2D eigenvalue weighted by atomic mass is 15.0.